The molecule has 1 N–H and O–H groups in total. The van der Waals surface area contributed by atoms with E-state index in [1.165, 1.54) is 0 Å². The zero-order valence-electron chi connectivity index (χ0n) is 11.9. The number of ether oxygens (including phenoxy) is 1. The molecule has 4 heteroatoms. The Hall–Kier alpha value is -2.07. The van der Waals surface area contributed by atoms with Crippen LogP contribution < -0.4 is 9.64 Å². The highest BCUT2D eigenvalue weighted by Crippen LogP contribution is 2.26. The van der Waals surface area contributed by atoms with Gasteiger partial charge in [-0.3, -0.25) is 0 Å². The zero-order chi connectivity index (χ0) is 14.4. The first kappa shape index (κ1) is 14.3. The van der Waals surface area contributed by atoms with Crippen LogP contribution in [0.4, 0.5) is 5.82 Å². The molecule has 1 aromatic heterocycles. The van der Waals surface area contributed by atoms with E-state index in [0.717, 1.165) is 17.9 Å². The number of likely N-dealkylation sites (N-methyl/N-ethyl adjacent to an activating group) is 1. The third-order valence-corrected chi connectivity index (χ3v) is 3.29. The number of pyridine rings is 1. The molecule has 4 nitrogen and oxygen atoms in total. The Kier molecular flexibility index (Phi) is 4.96. The number of methoxy groups -OCH3 is 1. The van der Waals surface area contributed by atoms with Gasteiger partial charge >= 0.3 is 0 Å². The monoisotopic (exact) mass is 272 g/mol. The lowest BCUT2D eigenvalue weighted by molar-refractivity contribution is 0.261. The molecule has 1 unspecified atom stereocenters. The molecule has 0 aliphatic heterocycles. The molecule has 1 heterocycles. The molecule has 0 aliphatic rings. The van der Waals surface area contributed by atoms with E-state index in [9.17, 15) is 5.11 Å². The van der Waals surface area contributed by atoms with Crippen molar-refractivity contribution in [3.8, 4) is 5.88 Å². The molecule has 0 saturated heterocycles. The second-order valence-electron chi connectivity index (χ2n) is 4.43. The van der Waals surface area contributed by atoms with Crippen molar-refractivity contribution in [2.75, 3.05) is 25.2 Å². The van der Waals surface area contributed by atoms with Crippen molar-refractivity contribution in [3.05, 3.63) is 54.1 Å². The molecule has 1 atom stereocenters. The Morgan fingerprint density at radius 2 is 1.90 bits per heavy atom. The first-order valence-corrected chi connectivity index (χ1v) is 6.73. The van der Waals surface area contributed by atoms with E-state index in [4.69, 9.17) is 4.74 Å². The second kappa shape index (κ2) is 6.91. The van der Waals surface area contributed by atoms with Crippen molar-refractivity contribution in [2.45, 2.75) is 13.0 Å². The number of rotatable bonds is 6. The highest BCUT2D eigenvalue weighted by molar-refractivity contribution is 5.44. The summed E-state index contributed by atoms with van der Waals surface area (Å²) in [7, 11) is 1.60. The van der Waals surface area contributed by atoms with Gasteiger partial charge in [0.2, 0.25) is 5.88 Å². The van der Waals surface area contributed by atoms with E-state index in [0.29, 0.717) is 5.88 Å². The summed E-state index contributed by atoms with van der Waals surface area (Å²) in [5.74, 6) is 1.38. The minimum atomic E-state index is -0.110. The van der Waals surface area contributed by atoms with Crippen molar-refractivity contribution in [1.29, 1.82) is 0 Å². The summed E-state index contributed by atoms with van der Waals surface area (Å²) >= 11 is 0. The van der Waals surface area contributed by atoms with Crippen molar-refractivity contribution in [2.24, 2.45) is 0 Å². The van der Waals surface area contributed by atoms with Gasteiger partial charge in [-0.2, -0.15) is 4.98 Å². The van der Waals surface area contributed by atoms with Crippen molar-refractivity contribution >= 4 is 5.82 Å². The van der Waals surface area contributed by atoms with Gasteiger partial charge in [-0.25, -0.2) is 0 Å². The fourth-order valence-corrected chi connectivity index (χ4v) is 2.28. The van der Waals surface area contributed by atoms with E-state index in [1.54, 1.807) is 7.11 Å². The standard InChI is InChI=1S/C16H20N2O2/c1-3-18(15-10-7-11-16(17-15)20-2)14(12-19)13-8-5-4-6-9-13/h4-11,14,19H,3,12H2,1-2H3. The van der Waals surface area contributed by atoms with Crippen molar-refractivity contribution in [3.63, 3.8) is 0 Å². The molecule has 106 valence electrons. The van der Waals surface area contributed by atoms with Crippen LogP contribution in [0.5, 0.6) is 5.88 Å². The topological polar surface area (TPSA) is 45.6 Å². The van der Waals surface area contributed by atoms with Crippen LogP contribution in [0.1, 0.15) is 18.5 Å². The van der Waals surface area contributed by atoms with Gasteiger partial charge in [0.25, 0.3) is 0 Å². The summed E-state index contributed by atoms with van der Waals surface area (Å²) in [5.41, 5.74) is 1.07. The number of aromatic nitrogens is 1. The molecular weight excluding hydrogens is 252 g/mol. The Morgan fingerprint density at radius 1 is 1.15 bits per heavy atom. The van der Waals surface area contributed by atoms with Crippen LogP contribution in [-0.4, -0.2) is 30.4 Å². The summed E-state index contributed by atoms with van der Waals surface area (Å²) in [4.78, 5) is 6.52. The van der Waals surface area contributed by atoms with Gasteiger partial charge in [0, 0.05) is 12.6 Å². The maximum absolute atomic E-state index is 9.77. The van der Waals surface area contributed by atoms with Gasteiger partial charge in [-0.15, -0.1) is 0 Å². The Morgan fingerprint density at radius 3 is 2.50 bits per heavy atom. The smallest absolute Gasteiger partial charge is 0.214 e. The van der Waals surface area contributed by atoms with Gasteiger partial charge in [-0.05, 0) is 18.6 Å². The van der Waals surface area contributed by atoms with Gasteiger partial charge < -0.3 is 14.7 Å². The fraction of sp³-hybridized carbons (Fsp3) is 0.312. The molecule has 2 rings (SSSR count). The lowest BCUT2D eigenvalue weighted by Gasteiger charge is -2.31. The number of aliphatic hydroxyl groups excluding tert-OH is 1. The highest BCUT2D eigenvalue weighted by atomic mass is 16.5. The molecule has 0 aliphatic carbocycles. The predicted octanol–water partition coefficient (Wildman–Crippen LogP) is 2.65. The minimum Gasteiger partial charge on any atom is -0.481 e. The van der Waals surface area contributed by atoms with Crippen LogP contribution in [0.2, 0.25) is 0 Å². The normalized spacial score (nSPS) is 11.9. The van der Waals surface area contributed by atoms with Crippen LogP contribution in [0, 0.1) is 0 Å². The average molecular weight is 272 g/mol. The van der Waals surface area contributed by atoms with Crippen molar-refractivity contribution in [1.82, 2.24) is 4.98 Å². The summed E-state index contributed by atoms with van der Waals surface area (Å²) in [6, 6.07) is 15.5. The molecule has 1 aromatic carbocycles. The molecule has 0 radical (unpaired) electrons. The van der Waals surface area contributed by atoms with Gasteiger partial charge in [0.1, 0.15) is 5.82 Å². The summed E-state index contributed by atoms with van der Waals surface area (Å²) in [6.07, 6.45) is 0. The van der Waals surface area contributed by atoms with E-state index in [2.05, 4.69) is 9.88 Å². The zero-order valence-corrected chi connectivity index (χ0v) is 11.9. The number of aliphatic hydroxyl groups is 1. The van der Waals surface area contributed by atoms with Crippen LogP contribution in [-0.2, 0) is 0 Å². The van der Waals surface area contributed by atoms with Crippen LogP contribution >= 0.6 is 0 Å². The van der Waals surface area contributed by atoms with Crippen LogP contribution in [0.15, 0.2) is 48.5 Å². The Bertz CT molecular complexity index is 531. The fourth-order valence-electron chi connectivity index (χ4n) is 2.28. The molecule has 0 spiro atoms. The minimum absolute atomic E-state index is 0.0384. The molecule has 20 heavy (non-hydrogen) atoms. The third kappa shape index (κ3) is 3.08. The molecule has 2 aromatic rings. The third-order valence-electron chi connectivity index (χ3n) is 3.29. The lowest BCUT2D eigenvalue weighted by atomic mass is 10.1. The average Bonchev–Trinajstić information content (AvgIpc) is 2.53. The van der Waals surface area contributed by atoms with Crippen LogP contribution in [0.3, 0.4) is 0 Å². The van der Waals surface area contributed by atoms with Crippen LogP contribution in [0.25, 0.3) is 0 Å². The first-order chi connectivity index (χ1) is 9.80. The van der Waals surface area contributed by atoms with E-state index in [1.807, 2.05) is 55.5 Å². The maximum atomic E-state index is 9.77. The number of hydrogen-bond donors (Lipinski definition) is 1. The number of anilines is 1. The summed E-state index contributed by atoms with van der Waals surface area (Å²) < 4.78 is 5.17. The summed E-state index contributed by atoms with van der Waals surface area (Å²) in [5, 5.41) is 9.77. The Labute approximate surface area is 119 Å². The SMILES string of the molecule is CCN(c1cccc(OC)n1)C(CO)c1ccccc1. The second-order valence-corrected chi connectivity index (χ2v) is 4.43. The van der Waals surface area contributed by atoms with Gasteiger partial charge in [0.05, 0.1) is 19.8 Å². The van der Waals surface area contributed by atoms with Crippen molar-refractivity contribution < 1.29 is 9.84 Å². The highest BCUT2D eigenvalue weighted by Gasteiger charge is 2.19. The van der Waals surface area contributed by atoms with E-state index >= 15 is 0 Å². The number of hydrogen-bond acceptors (Lipinski definition) is 4. The summed E-state index contributed by atoms with van der Waals surface area (Å²) in [6.45, 7) is 2.84. The predicted molar refractivity (Wildman–Crippen MR) is 80.1 cm³/mol. The van der Waals surface area contributed by atoms with Gasteiger partial charge in [-0.1, -0.05) is 36.4 Å². The largest absolute Gasteiger partial charge is 0.481 e. The molecule has 0 saturated carbocycles. The molecular formula is C16H20N2O2. The molecule has 0 fully saturated rings. The van der Waals surface area contributed by atoms with E-state index in [-0.39, 0.29) is 12.6 Å². The molecule has 0 bridgehead atoms. The molecule has 0 amide bonds. The Balaban J connectivity index is 2.34. The maximum Gasteiger partial charge on any atom is 0.214 e. The quantitative estimate of drug-likeness (QED) is 0.878. The first-order valence-electron chi connectivity index (χ1n) is 6.73. The van der Waals surface area contributed by atoms with Gasteiger partial charge in [0.15, 0.2) is 0 Å². The lowest BCUT2D eigenvalue weighted by Crippen LogP contribution is -2.31. The number of nitrogens with zero attached hydrogens (tertiary/aromatic N) is 2. The van der Waals surface area contributed by atoms with E-state index < -0.39 is 0 Å². The number of benzene rings is 1.